The monoisotopic (exact) mass is 257 g/mol. The molecular weight excluding hydrogens is 242 g/mol. The van der Waals surface area contributed by atoms with Crippen molar-refractivity contribution in [1.82, 2.24) is 4.90 Å². The Morgan fingerprint density at radius 3 is 2.21 bits per heavy atom. The topological polar surface area (TPSA) is 46.6 Å². The molecule has 4 nitrogen and oxygen atoms in total. The minimum absolute atomic E-state index is 0.0417. The third kappa shape index (κ3) is 1.43. The van der Waals surface area contributed by atoms with E-state index in [1.807, 2.05) is 0 Å². The Labute approximate surface area is 111 Å². The van der Waals surface area contributed by atoms with Crippen LogP contribution in [0.2, 0.25) is 0 Å². The molecule has 0 N–H and O–H groups in total. The molecule has 2 aliphatic heterocycles. The number of hydrogen-bond acceptors (Lipinski definition) is 3. The molecule has 1 spiro atoms. The Morgan fingerprint density at radius 1 is 1.11 bits per heavy atom. The fourth-order valence-electron chi connectivity index (χ4n) is 3.45. The normalized spacial score (nSPS) is 27.8. The maximum absolute atomic E-state index is 12.4. The van der Waals surface area contributed by atoms with Crippen LogP contribution in [-0.2, 0) is 4.74 Å². The number of carbonyl (C=O) groups is 2. The molecular formula is C15H15NO3. The Kier molecular flexibility index (Phi) is 2.16. The van der Waals surface area contributed by atoms with Gasteiger partial charge in [0.05, 0.1) is 29.4 Å². The van der Waals surface area contributed by atoms with Crippen LogP contribution in [0.5, 0.6) is 0 Å². The van der Waals surface area contributed by atoms with Crippen molar-refractivity contribution in [2.45, 2.75) is 37.3 Å². The molecule has 1 aromatic carbocycles. The zero-order valence-corrected chi connectivity index (χ0v) is 10.6. The highest BCUT2D eigenvalue weighted by molar-refractivity contribution is 6.21. The quantitative estimate of drug-likeness (QED) is 0.723. The summed E-state index contributed by atoms with van der Waals surface area (Å²) in [4.78, 5) is 26.1. The molecule has 3 aliphatic rings. The van der Waals surface area contributed by atoms with Gasteiger partial charge in [0.2, 0.25) is 0 Å². The van der Waals surface area contributed by atoms with Gasteiger partial charge in [0.25, 0.3) is 11.8 Å². The average molecular weight is 257 g/mol. The van der Waals surface area contributed by atoms with Crippen LogP contribution in [0.3, 0.4) is 0 Å². The molecule has 1 aliphatic carbocycles. The summed E-state index contributed by atoms with van der Waals surface area (Å²) in [5.74, 6) is -0.323. The lowest BCUT2D eigenvalue weighted by atomic mass is 9.77. The lowest BCUT2D eigenvalue weighted by Gasteiger charge is -2.37. The summed E-state index contributed by atoms with van der Waals surface area (Å²) in [5, 5.41) is 0. The zero-order valence-electron chi connectivity index (χ0n) is 10.6. The molecule has 1 saturated carbocycles. The number of carbonyl (C=O) groups excluding carboxylic acids is 2. The number of amides is 2. The molecule has 4 rings (SSSR count). The van der Waals surface area contributed by atoms with Gasteiger partial charge in [-0.05, 0) is 37.8 Å². The molecule has 1 unspecified atom stereocenters. The van der Waals surface area contributed by atoms with E-state index in [4.69, 9.17) is 4.74 Å². The van der Waals surface area contributed by atoms with Crippen LogP contribution in [-0.4, -0.2) is 35.0 Å². The van der Waals surface area contributed by atoms with Crippen LogP contribution in [0.4, 0.5) is 0 Å². The second-order valence-electron chi connectivity index (χ2n) is 5.73. The summed E-state index contributed by atoms with van der Waals surface area (Å²) >= 11 is 0. The van der Waals surface area contributed by atoms with E-state index in [0.29, 0.717) is 17.7 Å². The molecule has 4 heteroatoms. The summed E-state index contributed by atoms with van der Waals surface area (Å²) in [7, 11) is 0. The van der Waals surface area contributed by atoms with Crippen LogP contribution in [0.1, 0.15) is 46.4 Å². The van der Waals surface area contributed by atoms with Crippen LogP contribution < -0.4 is 0 Å². The van der Waals surface area contributed by atoms with Crippen molar-refractivity contribution in [3.8, 4) is 0 Å². The third-order valence-electron chi connectivity index (χ3n) is 4.64. The van der Waals surface area contributed by atoms with E-state index in [1.54, 1.807) is 24.3 Å². The molecule has 19 heavy (non-hydrogen) atoms. The van der Waals surface area contributed by atoms with E-state index in [1.165, 1.54) is 11.3 Å². The number of nitrogens with zero attached hydrogens (tertiary/aromatic N) is 1. The first-order valence-electron chi connectivity index (χ1n) is 6.81. The fourth-order valence-corrected chi connectivity index (χ4v) is 3.45. The van der Waals surface area contributed by atoms with Gasteiger partial charge in [-0.1, -0.05) is 12.1 Å². The largest absolute Gasteiger partial charge is 0.373 e. The van der Waals surface area contributed by atoms with E-state index >= 15 is 0 Å². The Balaban J connectivity index is 1.64. The first-order valence-corrected chi connectivity index (χ1v) is 6.81. The lowest BCUT2D eigenvalue weighted by molar-refractivity contribution is -0.0565. The van der Waals surface area contributed by atoms with E-state index in [2.05, 4.69) is 0 Å². The Hall–Kier alpha value is -1.68. The molecule has 2 heterocycles. The van der Waals surface area contributed by atoms with Gasteiger partial charge < -0.3 is 4.74 Å². The number of hydrogen-bond donors (Lipinski definition) is 0. The van der Waals surface area contributed by atoms with Gasteiger partial charge in [0, 0.05) is 0 Å². The van der Waals surface area contributed by atoms with Crippen molar-refractivity contribution in [1.29, 1.82) is 0 Å². The molecule has 1 aromatic rings. The SMILES string of the molecule is O=C1c2ccccc2C(=O)N1C1COC2(CCC2)C1. The molecule has 0 aromatic heterocycles. The molecule has 0 radical (unpaired) electrons. The van der Waals surface area contributed by atoms with Gasteiger partial charge in [0.15, 0.2) is 0 Å². The Bertz CT molecular complexity index is 542. The average Bonchev–Trinajstić information content (AvgIpc) is 2.92. The maximum Gasteiger partial charge on any atom is 0.261 e. The number of rotatable bonds is 1. The standard InChI is InChI=1S/C15H15NO3/c17-13-11-4-1-2-5-12(11)14(18)16(13)10-8-15(19-9-10)6-3-7-15/h1-2,4-5,10H,3,6-9H2. The zero-order chi connectivity index (χ0) is 13.0. The number of benzene rings is 1. The second-order valence-corrected chi connectivity index (χ2v) is 5.73. The second kappa shape index (κ2) is 3.67. The first-order chi connectivity index (χ1) is 9.20. The first kappa shape index (κ1) is 11.2. The molecule has 98 valence electrons. The predicted molar refractivity (Wildman–Crippen MR) is 67.9 cm³/mol. The number of ether oxygens (including phenoxy) is 1. The summed E-state index contributed by atoms with van der Waals surface area (Å²) < 4.78 is 5.85. The molecule has 1 saturated heterocycles. The number of fused-ring (bicyclic) bond motifs is 1. The smallest absolute Gasteiger partial charge is 0.261 e. The fraction of sp³-hybridized carbons (Fsp3) is 0.467. The van der Waals surface area contributed by atoms with Gasteiger partial charge in [0.1, 0.15) is 0 Å². The highest BCUT2D eigenvalue weighted by atomic mass is 16.5. The van der Waals surface area contributed by atoms with Crippen LogP contribution in [0.25, 0.3) is 0 Å². The van der Waals surface area contributed by atoms with Crippen LogP contribution >= 0.6 is 0 Å². The highest BCUT2D eigenvalue weighted by Crippen LogP contribution is 2.45. The van der Waals surface area contributed by atoms with Gasteiger partial charge in [-0.3, -0.25) is 14.5 Å². The van der Waals surface area contributed by atoms with Crippen molar-refractivity contribution in [2.75, 3.05) is 6.61 Å². The number of imide groups is 1. The van der Waals surface area contributed by atoms with Gasteiger partial charge >= 0.3 is 0 Å². The molecule has 2 fully saturated rings. The van der Waals surface area contributed by atoms with Gasteiger partial charge in [-0.25, -0.2) is 0 Å². The van der Waals surface area contributed by atoms with Crippen molar-refractivity contribution < 1.29 is 14.3 Å². The van der Waals surface area contributed by atoms with Gasteiger partial charge in [-0.2, -0.15) is 0 Å². The summed E-state index contributed by atoms with van der Waals surface area (Å²) in [5.41, 5.74) is 1.02. The molecule has 0 bridgehead atoms. The highest BCUT2D eigenvalue weighted by Gasteiger charge is 2.50. The van der Waals surface area contributed by atoms with Crippen molar-refractivity contribution in [2.24, 2.45) is 0 Å². The van der Waals surface area contributed by atoms with E-state index in [9.17, 15) is 9.59 Å². The van der Waals surface area contributed by atoms with E-state index in [0.717, 1.165) is 19.3 Å². The molecule has 1 atom stereocenters. The van der Waals surface area contributed by atoms with Gasteiger partial charge in [-0.15, -0.1) is 0 Å². The van der Waals surface area contributed by atoms with E-state index < -0.39 is 0 Å². The maximum atomic E-state index is 12.4. The van der Waals surface area contributed by atoms with Crippen molar-refractivity contribution in [3.63, 3.8) is 0 Å². The summed E-state index contributed by atoms with van der Waals surface area (Å²) in [6.07, 6.45) is 4.12. The Morgan fingerprint density at radius 2 is 1.74 bits per heavy atom. The van der Waals surface area contributed by atoms with E-state index in [-0.39, 0.29) is 23.5 Å². The lowest BCUT2D eigenvalue weighted by Crippen LogP contribution is -2.42. The third-order valence-corrected chi connectivity index (χ3v) is 4.64. The minimum atomic E-state index is -0.162. The van der Waals surface area contributed by atoms with Crippen molar-refractivity contribution >= 4 is 11.8 Å². The van der Waals surface area contributed by atoms with Crippen molar-refractivity contribution in [3.05, 3.63) is 35.4 Å². The summed E-state index contributed by atoms with van der Waals surface area (Å²) in [6, 6.07) is 6.96. The van der Waals surface area contributed by atoms with Crippen LogP contribution in [0, 0.1) is 0 Å². The minimum Gasteiger partial charge on any atom is -0.373 e. The molecule has 2 amide bonds. The van der Waals surface area contributed by atoms with Crippen LogP contribution in [0.15, 0.2) is 24.3 Å². The summed E-state index contributed by atoms with van der Waals surface area (Å²) in [6.45, 7) is 0.492. The predicted octanol–water partition coefficient (Wildman–Crippen LogP) is 1.99.